The predicted octanol–water partition coefficient (Wildman–Crippen LogP) is 3.51. The van der Waals surface area contributed by atoms with Crippen LogP contribution in [0.3, 0.4) is 0 Å². The number of ether oxygens (including phenoxy) is 1. The maximum absolute atomic E-state index is 5.78. The Morgan fingerprint density at radius 1 is 1.04 bits per heavy atom. The van der Waals surface area contributed by atoms with Gasteiger partial charge in [0, 0.05) is 30.7 Å². The van der Waals surface area contributed by atoms with E-state index in [1.54, 1.807) is 11.9 Å². The molecule has 0 saturated carbocycles. The van der Waals surface area contributed by atoms with E-state index < -0.39 is 0 Å². The van der Waals surface area contributed by atoms with Crippen LogP contribution in [0.5, 0.6) is 5.75 Å². The third-order valence-electron chi connectivity index (χ3n) is 3.58. The van der Waals surface area contributed by atoms with E-state index in [2.05, 4.69) is 28.8 Å². The Hall–Kier alpha value is -1.85. The van der Waals surface area contributed by atoms with Crippen LogP contribution in [0.4, 0.5) is 11.4 Å². The molecule has 2 aromatic carbocycles. The maximum atomic E-state index is 5.78. The number of hydrogen-bond acceptors (Lipinski definition) is 5. The fourth-order valence-corrected chi connectivity index (χ4v) is 2.54. The van der Waals surface area contributed by atoms with Crippen LogP contribution in [0.25, 0.3) is 0 Å². The molecule has 124 valence electrons. The Balaban J connectivity index is 1.66. The number of rotatable bonds is 9. The number of benzene rings is 2. The van der Waals surface area contributed by atoms with Gasteiger partial charge in [-0.25, -0.2) is 0 Å². The molecule has 23 heavy (non-hydrogen) atoms. The summed E-state index contributed by atoms with van der Waals surface area (Å²) >= 11 is 1.58. The second kappa shape index (κ2) is 9.33. The van der Waals surface area contributed by atoms with Gasteiger partial charge < -0.3 is 20.1 Å². The number of nitrogens with one attached hydrogen (secondary N) is 1. The van der Waals surface area contributed by atoms with Crippen molar-refractivity contribution >= 4 is 23.3 Å². The van der Waals surface area contributed by atoms with Crippen LogP contribution in [0.1, 0.15) is 5.56 Å². The molecule has 3 N–H and O–H groups in total. The van der Waals surface area contributed by atoms with Crippen molar-refractivity contribution in [2.75, 3.05) is 43.5 Å². The van der Waals surface area contributed by atoms with Crippen molar-refractivity contribution in [3.63, 3.8) is 0 Å². The van der Waals surface area contributed by atoms with Gasteiger partial charge in [0.15, 0.2) is 0 Å². The second-order valence-electron chi connectivity index (χ2n) is 5.47. The number of likely N-dealkylation sites (N-methyl/N-ethyl adjacent to an activating group) is 1. The first-order valence-electron chi connectivity index (χ1n) is 7.72. The summed E-state index contributed by atoms with van der Waals surface area (Å²) in [7, 11) is 2.12. The molecule has 0 amide bonds. The lowest BCUT2D eigenvalue weighted by atomic mass is 10.1. The highest BCUT2D eigenvalue weighted by atomic mass is 32.2. The standard InChI is InChI=1S/C18H25N3OS/c1-21(12-11-15-3-5-16(19)6-4-15)13-14-22-18-9-7-17(8-10-18)20-23-2/h3-10,20H,11-14,19H2,1-2H3. The Bertz CT molecular complexity index is 572. The Kier molecular flexibility index (Phi) is 7.10. The van der Waals surface area contributed by atoms with Gasteiger partial charge in [0.1, 0.15) is 12.4 Å². The van der Waals surface area contributed by atoms with E-state index in [0.29, 0.717) is 6.61 Å². The van der Waals surface area contributed by atoms with Crippen LogP contribution in [0, 0.1) is 0 Å². The zero-order chi connectivity index (χ0) is 16.5. The van der Waals surface area contributed by atoms with E-state index in [-0.39, 0.29) is 0 Å². The van der Waals surface area contributed by atoms with Gasteiger partial charge in [-0.2, -0.15) is 0 Å². The van der Waals surface area contributed by atoms with Gasteiger partial charge >= 0.3 is 0 Å². The van der Waals surface area contributed by atoms with E-state index in [1.165, 1.54) is 5.56 Å². The average Bonchev–Trinajstić information content (AvgIpc) is 2.56. The molecular weight excluding hydrogens is 306 g/mol. The molecular formula is C18H25N3OS. The quantitative estimate of drug-likeness (QED) is 0.544. The Morgan fingerprint density at radius 3 is 2.39 bits per heavy atom. The highest BCUT2D eigenvalue weighted by Crippen LogP contribution is 2.17. The topological polar surface area (TPSA) is 50.5 Å². The molecule has 0 atom stereocenters. The molecule has 2 rings (SSSR count). The molecule has 0 unspecified atom stereocenters. The van der Waals surface area contributed by atoms with Gasteiger partial charge in [-0.15, -0.1) is 0 Å². The first kappa shape index (κ1) is 17.5. The number of nitrogens with zero attached hydrogens (tertiary/aromatic N) is 1. The number of nitrogens with two attached hydrogens (primary N) is 1. The smallest absolute Gasteiger partial charge is 0.119 e. The van der Waals surface area contributed by atoms with Crippen LogP contribution in [-0.2, 0) is 6.42 Å². The van der Waals surface area contributed by atoms with Crippen LogP contribution >= 0.6 is 11.9 Å². The number of anilines is 2. The van der Waals surface area contributed by atoms with Gasteiger partial charge in [0.05, 0.1) is 0 Å². The molecule has 0 aliphatic rings. The van der Waals surface area contributed by atoms with Crippen LogP contribution < -0.4 is 15.2 Å². The average molecular weight is 331 g/mol. The summed E-state index contributed by atoms with van der Waals surface area (Å²) in [4.78, 5) is 2.28. The molecule has 0 aliphatic carbocycles. The molecule has 0 aromatic heterocycles. The molecule has 0 bridgehead atoms. The zero-order valence-corrected chi connectivity index (χ0v) is 14.6. The van der Waals surface area contributed by atoms with Gasteiger partial charge in [-0.1, -0.05) is 24.1 Å². The lowest BCUT2D eigenvalue weighted by Gasteiger charge is -2.17. The van der Waals surface area contributed by atoms with Crippen molar-refractivity contribution in [1.82, 2.24) is 4.90 Å². The van der Waals surface area contributed by atoms with Crippen molar-refractivity contribution in [3.8, 4) is 5.75 Å². The van der Waals surface area contributed by atoms with Crippen LogP contribution in [-0.4, -0.2) is 37.9 Å². The number of nitrogen functional groups attached to an aromatic ring is 1. The lowest BCUT2D eigenvalue weighted by Crippen LogP contribution is -2.26. The largest absolute Gasteiger partial charge is 0.492 e. The zero-order valence-electron chi connectivity index (χ0n) is 13.8. The van der Waals surface area contributed by atoms with Gasteiger partial charge in [-0.3, -0.25) is 0 Å². The van der Waals surface area contributed by atoms with Gasteiger partial charge in [0.2, 0.25) is 0 Å². The van der Waals surface area contributed by atoms with E-state index in [4.69, 9.17) is 10.5 Å². The normalized spacial score (nSPS) is 10.7. The molecule has 0 spiro atoms. The minimum Gasteiger partial charge on any atom is -0.492 e. The number of hydrogen-bond donors (Lipinski definition) is 2. The summed E-state index contributed by atoms with van der Waals surface area (Å²) in [6, 6.07) is 16.1. The summed E-state index contributed by atoms with van der Waals surface area (Å²) in [5, 5.41) is 0. The fourth-order valence-electron chi connectivity index (χ4n) is 2.17. The Morgan fingerprint density at radius 2 is 1.74 bits per heavy atom. The fraction of sp³-hybridized carbons (Fsp3) is 0.333. The van der Waals surface area contributed by atoms with E-state index in [9.17, 15) is 0 Å². The predicted molar refractivity (Wildman–Crippen MR) is 101 cm³/mol. The second-order valence-corrected chi connectivity index (χ2v) is 6.09. The van der Waals surface area contributed by atoms with Crippen molar-refractivity contribution in [3.05, 3.63) is 54.1 Å². The summed E-state index contributed by atoms with van der Waals surface area (Å²) in [6.45, 7) is 2.59. The van der Waals surface area contributed by atoms with Gasteiger partial charge in [-0.05, 0) is 55.4 Å². The van der Waals surface area contributed by atoms with Crippen molar-refractivity contribution in [2.24, 2.45) is 0 Å². The third kappa shape index (κ3) is 6.42. The summed E-state index contributed by atoms with van der Waals surface area (Å²) in [5.41, 5.74) is 8.91. The van der Waals surface area contributed by atoms with Gasteiger partial charge in [0.25, 0.3) is 0 Å². The van der Waals surface area contributed by atoms with Crippen molar-refractivity contribution in [2.45, 2.75) is 6.42 Å². The minimum atomic E-state index is 0.688. The minimum absolute atomic E-state index is 0.688. The van der Waals surface area contributed by atoms with E-state index >= 15 is 0 Å². The van der Waals surface area contributed by atoms with Crippen LogP contribution in [0.2, 0.25) is 0 Å². The highest BCUT2D eigenvalue weighted by molar-refractivity contribution is 7.99. The van der Waals surface area contributed by atoms with Crippen molar-refractivity contribution < 1.29 is 4.74 Å². The molecule has 2 aromatic rings. The molecule has 5 heteroatoms. The van der Waals surface area contributed by atoms with Crippen LogP contribution in [0.15, 0.2) is 48.5 Å². The summed E-state index contributed by atoms with van der Waals surface area (Å²) in [5.74, 6) is 0.906. The van der Waals surface area contributed by atoms with Crippen molar-refractivity contribution in [1.29, 1.82) is 0 Å². The maximum Gasteiger partial charge on any atom is 0.119 e. The van der Waals surface area contributed by atoms with E-state index in [0.717, 1.165) is 36.6 Å². The first-order valence-corrected chi connectivity index (χ1v) is 8.94. The molecule has 0 heterocycles. The summed E-state index contributed by atoms with van der Waals surface area (Å²) in [6.07, 6.45) is 3.02. The SMILES string of the molecule is CSNc1ccc(OCCN(C)CCc2ccc(N)cc2)cc1. The monoisotopic (exact) mass is 331 g/mol. The molecule has 0 radical (unpaired) electrons. The third-order valence-corrected chi connectivity index (χ3v) is 4.02. The lowest BCUT2D eigenvalue weighted by molar-refractivity contribution is 0.239. The molecule has 0 fully saturated rings. The molecule has 0 aliphatic heterocycles. The van der Waals surface area contributed by atoms with E-state index in [1.807, 2.05) is 42.7 Å². The first-order chi connectivity index (χ1) is 11.2. The highest BCUT2D eigenvalue weighted by Gasteiger charge is 2.01. The Labute approximate surface area is 143 Å². The molecule has 0 saturated heterocycles. The summed E-state index contributed by atoms with van der Waals surface area (Å²) < 4.78 is 8.97. The molecule has 4 nitrogen and oxygen atoms in total.